The first-order chi connectivity index (χ1) is 8.47. The van der Waals surface area contributed by atoms with Crippen molar-refractivity contribution in [2.75, 3.05) is 0 Å². The summed E-state index contributed by atoms with van der Waals surface area (Å²) in [4.78, 5) is 0. The van der Waals surface area contributed by atoms with Gasteiger partial charge in [0.25, 0.3) is 0 Å². The number of benzene rings is 1. The fourth-order valence-corrected chi connectivity index (χ4v) is 3.23. The first kappa shape index (κ1) is 13.9. The van der Waals surface area contributed by atoms with Gasteiger partial charge >= 0.3 is 0 Å². The lowest BCUT2D eigenvalue weighted by Crippen LogP contribution is -2.11. The average Bonchev–Trinajstić information content (AvgIpc) is 2.53. The zero-order chi connectivity index (χ0) is 13.2. The zero-order valence-corrected chi connectivity index (χ0v) is 12.6. The summed E-state index contributed by atoms with van der Waals surface area (Å²) in [7, 11) is 0. The van der Waals surface area contributed by atoms with Crippen LogP contribution in [-0.2, 0) is 5.41 Å². The molecular weight excluding hydrogens is 240 g/mol. The predicted molar refractivity (Wildman–Crippen MR) is 80.6 cm³/mol. The zero-order valence-electron chi connectivity index (χ0n) is 11.9. The van der Waals surface area contributed by atoms with Crippen molar-refractivity contribution in [3.63, 3.8) is 0 Å². The molecule has 1 saturated carbocycles. The van der Waals surface area contributed by atoms with Crippen LogP contribution in [0.1, 0.15) is 69.9 Å². The van der Waals surface area contributed by atoms with Crippen LogP contribution in [0.4, 0.5) is 0 Å². The van der Waals surface area contributed by atoms with Crippen LogP contribution in [0.25, 0.3) is 0 Å². The van der Waals surface area contributed by atoms with E-state index in [1.165, 1.54) is 36.8 Å². The minimum Gasteiger partial charge on any atom is -0.123 e. The molecule has 0 saturated heterocycles. The summed E-state index contributed by atoms with van der Waals surface area (Å²) in [6.07, 6.45) is 6.27. The molecule has 1 heteroatoms. The fraction of sp³-hybridized carbons (Fsp3) is 0.647. The van der Waals surface area contributed by atoms with Crippen molar-refractivity contribution in [2.45, 2.75) is 69.6 Å². The van der Waals surface area contributed by atoms with Gasteiger partial charge in [-0.15, -0.1) is 11.6 Å². The van der Waals surface area contributed by atoms with Crippen LogP contribution in [0.2, 0.25) is 0 Å². The van der Waals surface area contributed by atoms with E-state index in [0.29, 0.717) is 11.3 Å². The van der Waals surface area contributed by atoms with Gasteiger partial charge in [-0.25, -0.2) is 0 Å². The first-order valence-corrected chi connectivity index (χ1v) is 7.65. The minimum absolute atomic E-state index is 0.247. The molecule has 0 N–H and O–H groups in total. The largest absolute Gasteiger partial charge is 0.123 e. The third-order valence-electron chi connectivity index (χ3n) is 4.11. The smallest absolute Gasteiger partial charge is 0.0341 e. The van der Waals surface area contributed by atoms with E-state index in [-0.39, 0.29) is 5.41 Å². The molecule has 0 aromatic heterocycles. The molecule has 2 rings (SSSR count). The van der Waals surface area contributed by atoms with E-state index in [1.54, 1.807) is 0 Å². The Morgan fingerprint density at radius 3 is 2.22 bits per heavy atom. The molecule has 0 aliphatic heterocycles. The lowest BCUT2D eigenvalue weighted by atomic mass is 9.84. The summed E-state index contributed by atoms with van der Waals surface area (Å²) < 4.78 is 0. The summed E-state index contributed by atoms with van der Waals surface area (Å²) in [6.45, 7) is 6.80. The third-order valence-corrected chi connectivity index (χ3v) is 4.50. The molecule has 1 aliphatic rings. The van der Waals surface area contributed by atoms with Crippen LogP contribution in [0, 0.1) is 0 Å². The van der Waals surface area contributed by atoms with Gasteiger partial charge in [-0.1, -0.05) is 57.9 Å². The molecule has 100 valence electrons. The number of halogens is 1. The quantitative estimate of drug-likeness (QED) is 0.455. The van der Waals surface area contributed by atoms with Crippen molar-refractivity contribution in [2.24, 2.45) is 0 Å². The highest BCUT2D eigenvalue weighted by molar-refractivity contribution is 6.20. The van der Waals surface area contributed by atoms with E-state index < -0.39 is 0 Å². The molecule has 1 aliphatic carbocycles. The van der Waals surface area contributed by atoms with E-state index in [0.717, 1.165) is 6.42 Å². The molecule has 2 atom stereocenters. The van der Waals surface area contributed by atoms with Gasteiger partial charge in [0.15, 0.2) is 0 Å². The Morgan fingerprint density at radius 1 is 1.00 bits per heavy atom. The summed E-state index contributed by atoms with van der Waals surface area (Å²) in [5, 5.41) is 0.375. The van der Waals surface area contributed by atoms with Crippen LogP contribution < -0.4 is 0 Å². The van der Waals surface area contributed by atoms with Gasteiger partial charge in [0.2, 0.25) is 0 Å². The molecule has 0 bridgehead atoms. The second-order valence-corrected chi connectivity index (χ2v) is 7.30. The van der Waals surface area contributed by atoms with Crippen LogP contribution in [0.3, 0.4) is 0 Å². The summed E-state index contributed by atoms with van der Waals surface area (Å²) in [6, 6.07) is 9.23. The Hall–Kier alpha value is -0.490. The van der Waals surface area contributed by atoms with Crippen molar-refractivity contribution in [3.05, 3.63) is 35.4 Å². The topological polar surface area (TPSA) is 0 Å². The van der Waals surface area contributed by atoms with E-state index in [2.05, 4.69) is 45.0 Å². The molecule has 0 amide bonds. The number of hydrogen-bond acceptors (Lipinski definition) is 0. The minimum atomic E-state index is 0.247. The number of hydrogen-bond donors (Lipinski definition) is 0. The Bertz CT molecular complexity index is 372. The van der Waals surface area contributed by atoms with Gasteiger partial charge in [0, 0.05) is 5.38 Å². The molecule has 0 heterocycles. The lowest BCUT2D eigenvalue weighted by molar-refractivity contribution is 0.581. The standard InChI is InChI=1S/C17H25Cl/c1-17(2,3)15-10-8-13(9-11-15)14-6-4-5-7-16(18)12-14/h8-11,14,16H,4-7,12H2,1-3H3. The Morgan fingerprint density at radius 2 is 1.61 bits per heavy atom. The maximum absolute atomic E-state index is 6.37. The van der Waals surface area contributed by atoms with E-state index >= 15 is 0 Å². The van der Waals surface area contributed by atoms with Gasteiger partial charge in [-0.3, -0.25) is 0 Å². The highest BCUT2D eigenvalue weighted by Gasteiger charge is 2.20. The molecule has 1 fully saturated rings. The van der Waals surface area contributed by atoms with Crippen molar-refractivity contribution in [1.29, 1.82) is 0 Å². The Kier molecular flexibility index (Phi) is 4.37. The summed E-state index contributed by atoms with van der Waals surface area (Å²) in [5.74, 6) is 0.670. The van der Waals surface area contributed by atoms with E-state index in [4.69, 9.17) is 11.6 Å². The lowest BCUT2D eigenvalue weighted by Gasteiger charge is -2.21. The molecule has 1 aromatic rings. The van der Waals surface area contributed by atoms with Gasteiger partial charge in [-0.05, 0) is 41.7 Å². The van der Waals surface area contributed by atoms with E-state index in [1.807, 2.05) is 0 Å². The second kappa shape index (κ2) is 5.65. The average molecular weight is 265 g/mol. The molecule has 18 heavy (non-hydrogen) atoms. The molecule has 0 radical (unpaired) electrons. The molecule has 0 nitrogen and oxygen atoms in total. The second-order valence-electron chi connectivity index (χ2n) is 6.69. The molecular formula is C17H25Cl. The summed E-state index contributed by atoms with van der Waals surface area (Å²) in [5.41, 5.74) is 3.15. The highest BCUT2D eigenvalue weighted by Crippen LogP contribution is 2.34. The first-order valence-electron chi connectivity index (χ1n) is 7.21. The van der Waals surface area contributed by atoms with Crippen LogP contribution in [-0.4, -0.2) is 5.38 Å². The van der Waals surface area contributed by atoms with Crippen molar-refractivity contribution < 1.29 is 0 Å². The maximum Gasteiger partial charge on any atom is 0.0341 e. The monoisotopic (exact) mass is 264 g/mol. The van der Waals surface area contributed by atoms with Gasteiger partial charge in [-0.2, -0.15) is 0 Å². The Balaban J connectivity index is 2.13. The molecule has 2 unspecified atom stereocenters. The van der Waals surface area contributed by atoms with E-state index in [9.17, 15) is 0 Å². The summed E-state index contributed by atoms with van der Waals surface area (Å²) >= 11 is 6.37. The van der Waals surface area contributed by atoms with Crippen LogP contribution >= 0.6 is 11.6 Å². The van der Waals surface area contributed by atoms with Crippen LogP contribution in [0.5, 0.6) is 0 Å². The fourth-order valence-electron chi connectivity index (χ4n) is 2.86. The number of rotatable bonds is 1. The third kappa shape index (κ3) is 3.51. The SMILES string of the molecule is CC(C)(C)c1ccc(C2CCCCC(Cl)C2)cc1. The normalized spacial score (nSPS) is 25.8. The predicted octanol–water partition coefficient (Wildman–Crippen LogP) is 5.64. The van der Waals surface area contributed by atoms with Gasteiger partial charge < -0.3 is 0 Å². The Labute approximate surface area is 117 Å². The van der Waals surface area contributed by atoms with Crippen molar-refractivity contribution in [3.8, 4) is 0 Å². The van der Waals surface area contributed by atoms with Gasteiger partial charge in [0.1, 0.15) is 0 Å². The molecule has 1 aromatic carbocycles. The highest BCUT2D eigenvalue weighted by atomic mass is 35.5. The number of alkyl halides is 1. The van der Waals surface area contributed by atoms with Gasteiger partial charge in [0.05, 0.1) is 0 Å². The van der Waals surface area contributed by atoms with Crippen LogP contribution in [0.15, 0.2) is 24.3 Å². The van der Waals surface area contributed by atoms with Crippen molar-refractivity contribution >= 4 is 11.6 Å². The molecule has 0 spiro atoms. The van der Waals surface area contributed by atoms with Crippen molar-refractivity contribution in [1.82, 2.24) is 0 Å². The maximum atomic E-state index is 6.37.